The lowest BCUT2D eigenvalue weighted by atomic mass is 9.71. The lowest BCUT2D eigenvalue weighted by Crippen LogP contribution is -2.49. The molecule has 4 heterocycles. The predicted octanol–water partition coefficient (Wildman–Crippen LogP) is 1.84. The lowest BCUT2D eigenvalue weighted by Gasteiger charge is -2.40. The van der Waals surface area contributed by atoms with Gasteiger partial charge in [-0.15, -0.1) is 0 Å². The summed E-state index contributed by atoms with van der Waals surface area (Å²) in [7, 11) is 0. The number of morpholine rings is 1. The number of thiophene rings is 1. The van der Waals surface area contributed by atoms with Gasteiger partial charge in [0.15, 0.2) is 0 Å². The summed E-state index contributed by atoms with van der Waals surface area (Å²) >= 11 is 1.74. The van der Waals surface area contributed by atoms with Gasteiger partial charge in [0.2, 0.25) is 5.91 Å². The van der Waals surface area contributed by atoms with Crippen LogP contribution in [-0.4, -0.2) is 68.3 Å². The number of hydrogen-bond donors (Lipinski definition) is 0. The van der Waals surface area contributed by atoms with Gasteiger partial charge >= 0.3 is 0 Å². The Morgan fingerprint density at radius 2 is 1.96 bits per heavy atom. The first-order valence-electron chi connectivity index (χ1n) is 8.95. The molecule has 1 aromatic rings. The van der Waals surface area contributed by atoms with Crippen LogP contribution in [0, 0.1) is 11.3 Å². The van der Waals surface area contributed by atoms with Crippen molar-refractivity contribution in [3.63, 3.8) is 0 Å². The van der Waals surface area contributed by atoms with Crippen LogP contribution in [0.5, 0.6) is 0 Å². The van der Waals surface area contributed by atoms with Crippen LogP contribution < -0.4 is 0 Å². The van der Waals surface area contributed by atoms with Gasteiger partial charge in [0.25, 0.3) is 0 Å². The number of ether oxygens (including phenoxy) is 2. The number of likely N-dealkylation sites (tertiary alicyclic amines) is 1. The fourth-order valence-electron chi connectivity index (χ4n) is 4.46. The molecule has 0 aliphatic carbocycles. The molecule has 0 aromatic carbocycles. The molecular weight excluding hydrogens is 324 g/mol. The Balaban J connectivity index is 1.51. The Kier molecular flexibility index (Phi) is 4.90. The Morgan fingerprint density at radius 1 is 1.21 bits per heavy atom. The summed E-state index contributed by atoms with van der Waals surface area (Å²) in [5.41, 5.74) is 1.46. The van der Waals surface area contributed by atoms with Gasteiger partial charge in [0.05, 0.1) is 19.1 Å². The van der Waals surface area contributed by atoms with Gasteiger partial charge in [-0.25, -0.2) is 0 Å². The minimum atomic E-state index is 0.101. The van der Waals surface area contributed by atoms with Gasteiger partial charge in [-0.05, 0) is 35.2 Å². The maximum atomic E-state index is 13.2. The molecule has 0 N–H and O–H groups in total. The third-order valence-corrected chi connectivity index (χ3v) is 6.55. The SMILES string of the molecule is O=C([C@H]1CN(Cc2ccsc2)CC12CCOCC2)N1CCOCC1. The smallest absolute Gasteiger partial charge is 0.227 e. The van der Waals surface area contributed by atoms with Crippen molar-refractivity contribution >= 4 is 17.2 Å². The van der Waals surface area contributed by atoms with E-state index in [0.717, 1.165) is 58.8 Å². The zero-order chi connectivity index (χ0) is 16.4. The maximum absolute atomic E-state index is 13.2. The summed E-state index contributed by atoms with van der Waals surface area (Å²) in [5, 5.41) is 4.35. The van der Waals surface area contributed by atoms with Crippen molar-refractivity contribution in [1.82, 2.24) is 9.80 Å². The predicted molar refractivity (Wildman–Crippen MR) is 93.0 cm³/mol. The molecule has 132 valence electrons. The fraction of sp³-hybridized carbons (Fsp3) is 0.722. The highest BCUT2D eigenvalue weighted by Gasteiger charge is 2.51. The average molecular weight is 350 g/mol. The molecule has 1 spiro atoms. The molecule has 5 nitrogen and oxygen atoms in total. The van der Waals surface area contributed by atoms with E-state index in [1.165, 1.54) is 5.56 Å². The van der Waals surface area contributed by atoms with Crippen molar-refractivity contribution in [3.8, 4) is 0 Å². The molecule has 3 aliphatic rings. The summed E-state index contributed by atoms with van der Waals surface area (Å²) in [6, 6.07) is 2.19. The zero-order valence-corrected chi connectivity index (χ0v) is 14.9. The third kappa shape index (κ3) is 3.25. The van der Waals surface area contributed by atoms with Gasteiger partial charge in [0, 0.05) is 51.4 Å². The van der Waals surface area contributed by atoms with Crippen molar-refractivity contribution in [2.45, 2.75) is 19.4 Å². The molecule has 1 aromatic heterocycles. The zero-order valence-electron chi connectivity index (χ0n) is 14.1. The maximum Gasteiger partial charge on any atom is 0.227 e. The van der Waals surface area contributed by atoms with Crippen LogP contribution in [0.4, 0.5) is 0 Å². The monoisotopic (exact) mass is 350 g/mol. The van der Waals surface area contributed by atoms with Crippen LogP contribution in [0.15, 0.2) is 16.8 Å². The summed E-state index contributed by atoms with van der Waals surface area (Å²) in [6.07, 6.45) is 2.02. The van der Waals surface area contributed by atoms with Crippen molar-refractivity contribution in [2.75, 3.05) is 52.6 Å². The first-order valence-corrected chi connectivity index (χ1v) is 9.89. The van der Waals surface area contributed by atoms with Crippen molar-refractivity contribution in [1.29, 1.82) is 0 Å². The number of hydrogen-bond acceptors (Lipinski definition) is 5. The van der Waals surface area contributed by atoms with Crippen LogP contribution >= 0.6 is 11.3 Å². The Labute approximate surface area is 147 Å². The molecule has 4 rings (SSSR count). The largest absolute Gasteiger partial charge is 0.381 e. The standard InChI is InChI=1S/C18H26N2O3S/c21-17(20-4-8-23-9-5-20)16-12-19(11-15-1-10-24-13-15)14-18(16)2-6-22-7-3-18/h1,10,13,16H,2-9,11-12,14H2/t16-/m1/s1. The molecule has 3 aliphatic heterocycles. The molecule has 3 fully saturated rings. The summed E-state index contributed by atoms with van der Waals surface area (Å²) in [6.45, 7) is 7.27. The second-order valence-corrected chi connectivity index (χ2v) is 8.05. The molecule has 1 amide bonds. The number of carbonyl (C=O) groups excluding carboxylic acids is 1. The molecular formula is C18H26N2O3S. The average Bonchev–Trinajstić information content (AvgIpc) is 3.24. The Hall–Kier alpha value is -0.950. The Morgan fingerprint density at radius 3 is 2.67 bits per heavy atom. The fourth-order valence-corrected chi connectivity index (χ4v) is 5.12. The van der Waals surface area contributed by atoms with E-state index in [1.54, 1.807) is 11.3 Å². The normalized spacial score (nSPS) is 27.7. The van der Waals surface area contributed by atoms with Crippen molar-refractivity contribution in [3.05, 3.63) is 22.4 Å². The van der Waals surface area contributed by atoms with E-state index in [4.69, 9.17) is 9.47 Å². The van der Waals surface area contributed by atoms with Gasteiger partial charge in [-0.1, -0.05) is 0 Å². The van der Waals surface area contributed by atoms with Crippen molar-refractivity contribution < 1.29 is 14.3 Å². The summed E-state index contributed by atoms with van der Waals surface area (Å²) in [5.74, 6) is 0.450. The van der Waals surface area contributed by atoms with E-state index in [2.05, 4.69) is 21.7 Å². The highest BCUT2D eigenvalue weighted by atomic mass is 32.1. The van der Waals surface area contributed by atoms with E-state index in [-0.39, 0.29) is 11.3 Å². The van der Waals surface area contributed by atoms with E-state index < -0.39 is 0 Å². The minimum Gasteiger partial charge on any atom is -0.381 e. The first kappa shape index (κ1) is 16.5. The number of rotatable bonds is 3. The molecule has 0 bridgehead atoms. The van der Waals surface area contributed by atoms with Crippen LogP contribution in [-0.2, 0) is 20.8 Å². The molecule has 0 radical (unpaired) electrons. The topological polar surface area (TPSA) is 42.0 Å². The van der Waals surface area contributed by atoms with E-state index in [9.17, 15) is 4.79 Å². The number of amides is 1. The highest BCUT2D eigenvalue weighted by Crippen LogP contribution is 2.45. The van der Waals surface area contributed by atoms with Gasteiger partial charge in [-0.3, -0.25) is 9.69 Å². The molecule has 6 heteroatoms. The second kappa shape index (κ2) is 7.12. The summed E-state index contributed by atoms with van der Waals surface area (Å²) < 4.78 is 11.0. The van der Waals surface area contributed by atoms with Gasteiger partial charge < -0.3 is 14.4 Å². The van der Waals surface area contributed by atoms with Crippen LogP contribution in [0.3, 0.4) is 0 Å². The summed E-state index contributed by atoms with van der Waals surface area (Å²) in [4.78, 5) is 17.7. The van der Waals surface area contributed by atoms with Crippen LogP contribution in [0.1, 0.15) is 18.4 Å². The Bertz CT molecular complexity index is 551. The third-order valence-electron chi connectivity index (χ3n) is 5.81. The lowest BCUT2D eigenvalue weighted by molar-refractivity contribution is -0.144. The van der Waals surface area contributed by atoms with E-state index in [1.807, 2.05) is 4.90 Å². The van der Waals surface area contributed by atoms with Crippen molar-refractivity contribution in [2.24, 2.45) is 11.3 Å². The number of carbonyl (C=O) groups is 1. The first-order chi connectivity index (χ1) is 11.8. The molecule has 24 heavy (non-hydrogen) atoms. The van der Waals surface area contributed by atoms with Gasteiger partial charge in [0.1, 0.15) is 0 Å². The van der Waals surface area contributed by atoms with E-state index >= 15 is 0 Å². The van der Waals surface area contributed by atoms with Crippen LogP contribution in [0.25, 0.3) is 0 Å². The molecule has 0 saturated carbocycles. The highest BCUT2D eigenvalue weighted by molar-refractivity contribution is 7.07. The molecule has 3 saturated heterocycles. The molecule has 1 atom stereocenters. The van der Waals surface area contributed by atoms with Gasteiger partial charge in [-0.2, -0.15) is 11.3 Å². The number of nitrogens with zero attached hydrogens (tertiary/aromatic N) is 2. The molecule has 0 unspecified atom stereocenters. The van der Waals surface area contributed by atoms with Crippen LogP contribution in [0.2, 0.25) is 0 Å². The van der Waals surface area contributed by atoms with E-state index in [0.29, 0.717) is 19.1 Å². The minimum absolute atomic E-state index is 0.101. The quantitative estimate of drug-likeness (QED) is 0.834. The second-order valence-electron chi connectivity index (χ2n) is 7.27.